The molecule has 4 nitrogen and oxygen atoms in total. The lowest BCUT2D eigenvalue weighted by Gasteiger charge is -2.34. The fourth-order valence-corrected chi connectivity index (χ4v) is 5.45. The van der Waals surface area contributed by atoms with Crippen molar-refractivity contribution in [3.05, 3.63) is 93.8 Å². The van der Waals surface area contributed by atoms with Gasteiger partial charge in [0.05, 0.1) is 11.4 Å². The fourth-order valence-electron chi connectivity index (χ4n) is 4.63. The number of hydrogen-bond acceptors (Lipinski definition) is 4. The van der Waals surface area contributed by atoms with Crippen molar-refractivity contribution >= 4 is 34.4 Å². The lowest BCUT2D eigenvalue weighted by Crippen LogP contribution is -2.45. The second-order valence-electron chi connectivity index (χ2n) is 8.06. The van der Waals surface area contributed by atoms with Crippen LogP contribution in [0.3, 0.4) is 0 Å². The van der Waals surface area contributed by atoms with Crippen LogP contribution in [0, 0.1) is 0 Å². The van der Waals surface area contributed by atoms with E-state index in [1.165, 1.54) is 17.4 Å². The summed E-state index contributed by atoms with van der Waals surface area (Å²) in [4.78, 5) is 27.5. The van der Waals surface area contributed by atoms with E-state index in [9.17, 15) is 22.8 Å². The molecule has 0 spiro atoms. The highest BCUT2D eigenvalue weighted by Gasteiger charge is 2.50. The summed E-state index contributed by atoms with van der Waals surface area (Å²) in [5, 5.41) is 4.95. The molecule has 5 rings (SSSR count). The van der Waals surface area contributed by atoms with Crippen molar-refractivity contribution < 1.29 is 22.8 Å². The minimum Gasteiger partial charge on any atom is -0.357 e. The number of nitrogens with zero attached hydrogens (tertiary/aromatic N) is 1. The van der Waals surface area contributed by atoms with Gasteiger partial charge in [-0.25, -0.2) is 0 Å². The summed E-state index contributed by atoms with van der Waals surface area (Å²) in [5.41, 5.74) is 2.23. The number of fused-ring (bicyclic) bond motifs is 1. The van der Waals surface area contributed by atoms with Gasteiger partial charge in [-0.2, -0.15) is 13.2 Å². The molecule has 0 fully saturated rings. The van der Waals surface area contributed by atoms with Gasteiger partial charge in [-0.1, -0.05) is 48.5 Å². The Labute approximate surface area is 192 Å². The number of anilines is 2. The van der Waals surface area contributed by atoms with E-state index in [1.807, 2.05) is 30.3 Å². The zero-order chi connectivity index (χ0) is 23.2. The first-order chi connectivity index (χ1) is 15.8. The number of hydrogen-bond donors (Lipinski definition) is 1. The highest BCUT2D eigenvalue weighted by Crippen LogP contribution is 2.49. The van der Waals surface area contributed by atoms with Crippen LogP contribution >= 0.6 is 11.3 Å². The lowest BCUT2D eigenvalue weighted by molar-refractivity contribution is -0.170. The number of nitrogens with one attached hydrogen (secondary N) is 1. The first kappa shape index (κ1) is 21.5. The van der Waals surface area contributed by atoms with E-state index >= 15 is 0 Å². The predicted molar refractivity (Wildman–Crippen MR) is 121 cm³/mol. The Balaban J connectivity index is 1.72. The summed E-state index contributed by atoms with van der Waals surface area (Å²) in [6.07, 6.45) is -4.48. The highest BCUT2D eigenvalue weighted by atomic mass is 32.1. The number of Topliss-reactive ketones (excluding diaryl/α,β-unsaturated/α-hetero) is 1. The Kier molecular flexibility index (Phi) is 5.32. The standard InChI is InChI=1S/C25H19F3N2O2S/c26-25(27,28)24(32)30-19-10-5-4-9-17(19)29-18-13-16(15-7-2-1-3-8-15)14-20(31)22(18)23(30)21-11-6-12-33-21/h1-12,16,23,29H,13-14H2/t16-,23-/m0/s1. The van der Waals surface area contributed by atoms with Crippen LogP contribution in [0.15, 0.2) is 83.4 Å². The molecule has 168 valence electrons. The lowest BCUT2D eigenvalue weighted by atomic mass is 9.79. The van der Waals surface area contributed by atoms with E-state index in [4.69, 9.17) is 0 Å². The largest absolute Gasteiger partial charge is 0.471 e. The fraction of sp³-hybridized carbons (Fsp3) is 0.200. The maximum Gasteiger partial charge on any atom is 0.471 e. The maximum absolute atomic E-state index is 13.8. The summed E-state index contributed by atoms with van der Waals surface area (Å²) in [7, 11) is 0. The molecule has 0 radical (unpaired) electrons. The topological polar surface area (TPSA) is 49.4 Å². The number of amides is 1. The van der Waals surface area contributed by atoms with Crippen molar-refractivity contribution in [2.45, 2.75) is 31.0 Å². The van der Waals surface area contributed by atoms with Crippen LogP contribution < -0.4 is 10.2 Å². The monoisotopic (exact) mass is 468 g/mol. The van der Waals surface area contributed by atoms with Crippen molar-refractivity contribution in [3.8, 4) is 0 Å². The molecule has 33 heavy (non-hydrogen) atoms. The van der Waals surface area contributed by atoms with Crippen LogP contribution in [0.25, 0.3) is 0 Å². The van der Waals surface area contributed by atoms with Crippen LogP contribution in [0.4, 0.5) is 24.5 Å². The minimum absolute atomic E-state index is 0.0942. The second kappa shape index (κ2) is 8.19. The molecular formula is C25H19F3N2O2S. The SMILES string of the molecule is O=C1C[C@@H](c2ccccc2)CC2=C1[C@H](c1cccs1)N(C(=O)C(F)(F)F)c1ccccc1N2. The first-order valence-corrected chi connectivity index (χ1v) is 11.3. The number of ketones is 1. The van der Waals surface area contributed by atoms with Gasteiger partial charge in [0.2, 0.25) is 0 Å². The molecule has 1 N–H and O–H groups in total. The number of rotatable bonds is 2. The number of alkyl halides is 3. The van der Waals surface area contributed by atoms with Gasteiger partial charge in [0.1, 0.15) is 6.04 Å². The van der Waals surface area contributed by atoms with Crippen molar-refractivity contribution in [2.24, 2.45) is 0 Å². The van der Waals surface area contributed by atoms with Gasteiger partial charge in [-0.15, -0.1) is 11.3 Å². The Morgan fingerprint density at radius 1 is 0.970 bits per heavy atom. The number of halogens is 3. The van der Waals surface area contributed by atoms with Crippen molar-refractivity contribution in [2.75, 3.05) is 10.2 Å². The van der Waals surface area contributed by atoms with Crippen LogP contribution in [-0.4, -0.2) is 17.9 Å². The molecule has 1 aromatic heterocycles. The molecule has 1 amide bonds. The summed E-state index contributed by atoms with van der Waals surface area (Å²) in [5.74, 6) is -2.36. The van der Waals surface area contributed by atoms with Crippen LogP contribution in [0.5, 0.6) is 0 Å². The van der Waals surface area contributed by atoms with E-state index in [-0.39, 0.29) is 29.4 Å². The molecular weight excluding hydrogens is 449 g/mol. The summed E-state index contributed by atoms with van der Waals surface area (Å²) < 4.78 is 41.3. The van der Waals surface area contributed by atoms with Crippen molar-refractivity contribution in [1.29, 1.82) is 0 Å². The molecule has 0 unspecified atom stereocenters. The Morgan fingerprint density at radius 2 is 1.70 bits per heavy atom. The normalized spacial score (nSPS) is 20.6. The average Bonchev–Trinajstić information content (AvgIpc) is 3.28. The number of allylic oxidation sites excluding steroid dienone is 1. The van der Waals surface area contributed by atoms with Gasteiger partial charge in [0.25, 0.3) is 0 Å². The zero-order valence-electron chi connectivity index (χ0n) is 17.3. The molecule has 0 bridgehead atoms. The van der Waals surface area contributed by atoms with Gasteiger partial charge in [0, 0.05) is 22.6 Å². The van der Waals surface area contributed by atoms with Crippen LogP contribution in [0.2, 0.25) is 0 Å². The van der Waals surface area contributed by atoms with Gasteiger partial charge in [0.15, 0.2) is 5.78 Å². The predicted octanol–water partition coefficient (Wildman–Crippen LogP) is 6.21. The number of thiophene rings is 1. The molecule has 2 aliphatic rings. The molecule has 2 aromatic carbocycles. The summed E-state index contributed by atoms with van der Waals surface area (Å²) >= 11 is 1.22. The maximum atomic E-state index is 13.8. The third kappa shape index (κ3) is 3.84. The second-order valence-corrected chi connectivity index (χ2v) is 9.04. The molecule has 3 aromatic rings. The minimum atomic E-state index is -5.10. The van der Waals surface area contributed by atoms with Gasteiger partial charge >= 0.3 is 12.1 Å². The third-order valence-corrected chi connectivity index (χ3v) is 6.96. The third-order valence-electron chi connectivity index (χ3n) is 6.03. The van der Waals surface area contributed by atoms with E-state index in [0.29, 0.717) is 22.7 Å². The van der Waals surface area contributed by atoms with E-state index in [2.05, 4.69) is 5.32 Å². The molecule has 0 saturated heterocycles. The number of carbonyl (C=O) groups is 2. The average molecular weight is 469 g/mol. The van der Waals surface area contributed by atoms with Crippen molar-refractivity contribution in [1.82, 2.24) is 0 Å². The number of carbonyl (C=O) groups excluding carboxylic acids is 2. The summed E-state index contributed by atoms with van der Waals surface area (Å²) in [6.45, 7) is 0. The quantitative estimate of drug-likeness (QED) is 0.486. The van der Waals surface area contributed by atoms with Crippen LogP contribution in [0.1, 0.15) is 35.2 Å². The van der Waals surface area contributed by atoms with E-state index < -0.39 is 18.1 Å². The van der Waals surface area contributed by atoms with E-state index in [1.54, 1.807) is 35.7 Å². The molecule has 8 heteroatoms. The van der Waals surface area contributed by atoms with Crippen LogP contribution in [-0.2, 0) is 9.59 Å². The number of benzene rings is 2. The van der Waals surface area contributed by atoms with Gasteiger partial charge in [-0.3, -0.25) is 14.5 Å². The van der Waals surface area contributed by atoms with Crippen molar-refractivity contribution in [3.63, 3.8) is 0 Å². The smallest absolute Gasteiger partial charge is 0.357 e. The Bertz CT molecular complexity index is 1240. The first-order valence-electron chi connectivity index (χ1n) is 10.5. The molecule has 2 atom stereocenters. The number of para-hydroxylation sites is 2. The van der Waals surface area contributed by atoms with E-state index in [0.717, 1.165) is 10.5 Å². The van der Waals surface area contributed by atoms with Gasteiger partial charge < -0.3 is 5.32 Å². The molecule has 1 aliphatic carbocycles. The molecule has 2 heterocycles. The summed E-state index contributed by atoms with van der Waals surface area (Å²) in [6, 6.07) is 18.2. The molecule has 0 saturated carbocycles. The van der Waals surface area contributed by atoms with Gasteiger partial charge in [-0.05, 0) is 41.5 Å². The Morgan fingerprint density at radius 3 is 2.39 bits per heavy atom. The molecule has 1 aliphatic heterocycles. The highest BCUT2D eigenvalue weighted by molar-refractivity contribution is 7.10. The Hall–Kier alpha value is -3.39. The zero-order valence-corrected chi connectivity index (χ0v) is 18.1.